The molecule has 2 aromatic rings. The topological polar surface area (TPSA) is 57.6 Å². The molecule has 6 heteroatoms. The highest BCUT2D eigenvalue weighted by atomic mass is 35.5. The number of hydrogen-bond donors (Lipinski definition) is 1. The lowest BCUT2D eigenvalue weighted by atomic mass is 9.89. The standard InChI is InChI=1S/C18H16ClNO3S/c1-3-8-20-14-6-5-12(19)9-13(14)18(23,17(20)22)10-15(21)16-7-4-11(2)24-16/h3-7,9,23H,1,8,10H2,2H3/t18-/m1/s1. The van der Waals surface area contributed by atoms with E-state index in [9.17, 15) is 14.7 Å². The number of ketones is 1. The first-order chi connectivity index (χ1) is 11.4. The highest BCUT2D eigenvalue weighted by molar-refractivity contribution is 7.14. The van der Waals surface area contributed by atoms with Gasteiger partial charge in [-0.25, -0.2) is 0 Å². The fraction of sp³-hybridized carbons (Fsp3) is 0.222. The van der Waals surface area contributed by atoms with Crippen LogP contribution in [0.15, 0.2) is 43.0 Å². The monoisotopic (exact) mass is 361 g/mol. The number of carbonyl (C=O) groups excluding carboxylic acids is 2. The summed E-state index contributed by atoms with van der Waals surface area (Å²) in [5.74, 6) is -0.795. The number of halogens is 1. The van der Waals surface area contributed by atoms with Crippen LogP contribution in [-0.4, -0.2) is 23.3 Å². The average Bonchev–Trinajstić information content (AvgIpc) is 3.05. The zero-order valence-corrected chi connectivity index (χ0v) is 14.7. The number of rotatable bonds is 5. The summed E-state index contributed by atoms with van der Waals surface area (Å²) < 4.78 is 0. The van der Waals surface area contributed by atoms with E-state index in [4.69, 9.17) is 11.6 Å². The van der Waals surface area contributed by atoms with Crippen molar-refractivity contribution in [2.24, 2.45) is 0 Å². The lowest BCUT2D eigenvalue weighted by Gasteiger charge is -2.21. The maximum absolute atomic E-state index is 12.8. The molecule has 0 unspecified atom stereocenters. The van der Waals surface area contributed by atoms with Gasteiger partial charge in [-0.3, -0.25) is 9.59 Å². The molecule has 1 aromatic carbocycles. The highest BCUT2D eigenvalue weighted by Crippen LogP contribution is 2.44. The molecule has 0 bridgehead atoms. The highest BCUT2D eigenvalue weighted by Gasteiger charge is 2.50. The van der Waals surface area contributed by atoms with Crippen LogP contribution in [0.2, 0.25) is 5.02 Å². The van der Waals surface area contributed by atoms with Crippen molar-refractivity contribution in [3.63, 3.8) is 0 Å². The molecule has 1 aromatic heterocycles. The van der Waals surface area contributed by atoms with Gasteiger partial charge in [0.25, 0.3) is 5.91 Å². The molecule has 1 amide bonds. The number of benzene rings is 1. The maximum atomic E-state index is 12.8. The third-order valence-corrected chi connectivity index (χ3v) is 5.31. The summed E-state index contributed by atoms with van der Waals surface area (Å²) in [5, 5.41) is 11.5. The molecule has 0 radical (unpaired) electrons. The van der Waals surface area contributed by atoms with Gasteiger partial charge in [0, 0.05) is 22.0 Å². The van der Waals surface area contributed by atoms with Crippen LogP contribution < -0.4 is 4.90 Å². The van der Waals surface area contributed by atoms with E-state index >= 15 is 0 Å². The van der Waals surface area contributed by atoms with Gasteiger partial charge in [0.15, 0.2) is 11.4 Å². The van der Waals surface area contributed by atoms with Gasteiger partial charge in [0.2, 0.25) is 0 Å². The molecule has 1 atom stereocenters. The van der Waals surface area contributed by atoms with E-state index in [0.717, 1.165) is 4.88 Å². The molecule has 0 saturated heterocycles. The van der Waals surface area contributed by atoms with Crippen LogP contribution in [-0.2, 0) is 10.4 Å². The van der Waals surface area contributed by atoms with Crippen LogP contribution in [0.1, 0.15) is 26.5 Å². The van der Waals surface area contributed by atoms with E-state index in [1.165, 1.54) is 16.2 Å². The van der Waals surface area contributed by atoms with Crippen molar-refractivity contribution in [2.45, 2.75) is 18.9 Å². The molecule has 1 aliphatic rings. The van der Waals surface area contributed by atoms with Gasteiger partial charge >= 0.3 is 0 Å². The van der Waals surface area contributed by atoms with Crippen LogP contribution in [0.25, 0.3) is 0 Å². The van der Waals surface area contributed by atoms with E-state index in [1.54, 1.807) is 30.3 Å². The van der Waals surface area contributed by atoms with E-state index in [1.807, 2.05) is 13.0 Å². The molecule has 4 nitrogen and oxygen atoms in total. The smallest absolute Gasteiger partial charge is 0.264 e. The second-order valence-corrected chi connectivity index (χ2v) is 7.46. The van der Waals surface area contributed by atoms with Crippen molar-refractivity contribution in [1.29, 1.82) is 0 Å². The van der Waals surface area contributed by atoms with E-state index < -0.39 is 11.5 Å². The van der Waals surface area contributed by atoms with E-state index in [0.29, 0.717) is 21.2 Å². The number of aliphatic hydroxyl groups is 1. The Morgan fingerprint density at radius 2 is 2.17 bits per heavy atom. The summed E-state index contributed by atoms with van der Waals surface area (Å²) in [7, 11) is 0. The molecule has 1 aliphatic heterocycles. The van der Waals surface area contributed by atoms with Gasteiger partial charge in [0.05, 0.1) is 17.0 Å². The fourth-order valence-electron chi connectivity index (χ4n) is 2.91. The first-order valence-electron chi connectivity index (χ1n) is 7.41. The van der Waals surface area contributed by atoms with Gasteiger partial charge < -0.3 is 10.0 Å². The Kier molecular flexibility index (Phi) is 4.34. The largest absolute Gasteiger partial charge is 0.375 e. The number of thiophene rings is 1. The number of amides is 1. The SMILES string of the molecule is C=CCN1C(=O)[C@@](O)(CC(=O)c2ccc(C)s2)c2cc(Cl)ccc21. The summed E-state index contributed by atoms with van der Waals surface area (Å²) in [4.78, 5) is 28.3. The third kappa shape index (κ3) is 2.69. The molecule has 1 N–H and O–H groups in total. The normalized spacial score (nSPS) is 19.5. The molecule has 0 aliphatic carbocycles. The second-order valence-electron chi connectivity index (χ2n) is 5.74. The fourth-order valence-corrected chi connectivity index (χ4v) is 3.88. The first kappa shape index (κ1) is 16.9. The quantitative estimate of drug-likeness (QED) is 0.652. The molecular formula is C18H16ClNO3S. The number of anilines is 1. The molecule has 0 spiro atoms. The summed E-state index contributed by atoms with van der Waals surface area (Å²) in [5.41, 5.74) is -0.983. The summed E-state index contributed by atoms with van der Waals surface area (Å²) in [6.45, 7) is 5.79. The van der Waals surface area contributed by atoms with Crippen LogP contribution >= 0.6 is 22.9 Å². The average molecular weight is 362 g/mol. The van der Waals surface area contributed by atoms with Crippen molar-refractivity contribution in [3.8, 4) is 0 Å². The van der Waals surface area contributed by atoms with Crippen molar-refractivity contribution in [3.05, 3.63) is 63.3 Å². The number of hydrogen-bond acceptors (Lipinski definition) is 4. The molecule has 24 heavy (non-hydrogen) atoms. The van der Waals surface area contributed by atoms with E-state index in [2.05, 4.69) is 6.58 Å². The van der Waals surface area contributed by atoms with Gasteiger partial charge in [-0.1, -0.05) is 17.7 Å². The Balaban J connectivity index is 2.02. The summed E-state index contributed by atoms with van der Waals surface area (Å²) in [6.07, 6.45) is 1.26. The summed E-state index contributed by atoms with van der Waals surface area (Å²) in [6, 6.07) is 8.43. The Bertz CT molecular complexity index is 845. The minimum absolute atomic E-state index is 0.252. The third-order valence-electron chi connectivity index (χ3n) is 4.04. The number of fused-ring (bicyclic) bond motifs is 1. The minimum atomic E-state index is -1.90. The lowest BCUT2D eigenvalue weighted by molar-refractivity contribution is -0.135. The van der Waals surface area contributed by atoms with Crippen LogP contribution in [0.5, 0.6) is 0 Å². The van der Waals surface area contributed by atoms with Gasteiger partial charge in [-0.15, -0.1) is 17.9 Å². The molecular weight excluding hydrogens is 346 g/mol. The van der Waals surface area contributed by atoms with Crippen LogP contribution in [0.3, 0.4) is 0 Å². The number of aryl methyl sites for hydroxylation is 1. The summed E-state index contributed by atoms with van der Waals surface area (Å²) >= 11 is 7.38. The Morgan fingerprint density at radius 3 is 2.79 bits per heavy atom. The zero-order valence-electron chi connectivity index (χ0n) is 13.1. The second kappa shape index (κ2) is 6.16. The number of carbonyl (C=O) groups is 2. The van der Waals surface area contributed by atoms with Gasteiger partial charge in [-0.05, 0) is 37.3 Å². The van der Waals surface area contributed by atoms with Crippen molar-refractivity contribution >= 4 is 40.3 Å². The zero-order chi connectivity index (χ0) is 17.5. The molecule has 124 valence electrons. The van der Waals surface area contributed by atoms with Gasteiger partial charge in [0.1, 0.15) is 0 Å². The molecule has 0 fully saturated rings. The lowest BCUT2D eigenvalue weighted by Crippen LogP contribution is -2.41. The van der Waals surface area contributed by atoms with Crippen molar-refractivity contribution in [1.82, 2.24) is 0 Å². The Hall–Kier alpha value is -1.95. The van der Waals surface area contributed by atoms with Crippen molar-refractivity contribution in [2.75, 3.05) is 11.4 Å². The van der Waals surface area contributed by atoms with Crippen LogP contribution in [0.4, 0.5) is 5.69 Å². The Labute approximate surface area is 149 Å². The van der Waals surface area contributed by atoms with E-state index in [-0.39, 0.29) is 18.7 Å². The molecule has 0 saturated carbocycles. The predicted octanol–water partition coefficient (Wildman–Crippen LogP) is 3.70. The van der Waals surface area contributed by atoms with Gasteiger partial charge in [-0.2, -0.15) is 0 Å². The number of Topliss-reactive ketones (excluding diaryl/α,β-unsaturated/α-hetero) is 1. The number of nitrogens with zero attached hydrogens (tertiary/aromatic N) is 1. The predicted molar refractivity (Wildman–Crippen MR) is 95.9 cm³/mol. The Morgan fingerprint density at radius 1 is 1.42 bits per heavy atom. The van der Waals surface area contributed by atoms with Crippen molar-refractivity contribution < 1.29 is 14.7 Å². The first-order valence-corrected chi connectivity index (χ1v) is 8.61. The molecule has 2 heterocycles. The molecule has 3 rings (SSSR count). The van der Waals surface area contributed by atoms with Crippen LogP contribution in [0, 0.1) is 6.92 Å². The minimum Gasteiger partial charge on any atom is -0.375 e. The maximum Gasteiger partial charge on any atom is 0.264 e.